The number of rotatable bonds is 5. The molecular formula is C15H18BrN5O3. The second-order valence-electron chi connectivity index (χ2n) is 5.56. The monoisotopic (exact) mass is 395 g/mol. The van der Waals surface area contributed by atoms with Crippen LogP contribution in [-0.2, 0) is 24.3 Å². The molecule has 0 aromatic carbocycles. The molecule has 2 amide bonds. The first-order valence-electron chi connectivity index (χ1n) is 7.84. The molecule has 0 radical (unpaired) electrons. The number of carbonyl (C=O) groups excluding carboxylic acids is 2. The van der Waals surface area contributed by atoms with Crippen molar-refractivity contribution in [2.75, 3.05) is 6.54 Å². The number of amides is 2. The second kappa shape index (κ2) is 7.61. The Morgan fingerprint density at radius 1 is 1.21 bits per heavy atom. The Morgan fingerprint density at radius 2 is 2.08 bits per heavy atom. The predicted molar refractivity (Wildman–Crippen MR) is 88.2 cm³/mol. The Kier molecular flexibility index (Phi) is 5.29. The Labute approximate surface area is 147 Å². The number of carbonyl (C=O) groups is 2. The molecule has 1 aliphatic rings. The van der Waals surface area contributed by atoms with E-state index < -0.39 is 5.91 Å². The Balaban J connectivity index is 1.48. The summed E-state index contributed by atoms with van der Waals surface area (Å²) in [6, 6.07) is 3.15. The highest BCUT2D eigenvalue weighted by Crippen LogP contribution is 2.14. The van der Waals surface area contributed by atoms with Crippen molar-refractivity contribution < 1.29 is 14.0 Å². The van der Waals surface area contributed by atoms with Crippen LogP contribution in [0.25, 0.3) is 0 Å². The summed E-state index contributed by atoms with van der Waals surface area (Å²) >= 11 is 3.12. The summed E-state index contributed by atoms with van der Waals surface area (Å²) in [6.07, 6.45) is 4.33. The third-order valence-electron chi connectivity index (χ3n) is 3.84. The van der Waals surface area contributed by atoms with E-state index in [-0.39, 0.29) is 18.2 Å². The fraction of sp³-hybridized carbons (Fsp3) is 0.467. The molecule has 2 N–H and O–H groups in total. The molecule has 0 saturated carbocycles. The van der Waals surface area contributed by atoms with Gasteiger partial charge in [-0.15, -0.1) is 10.2 Å². The average Bonchev–Trinajstić information content (AvgIpc) is 3.10. The molecule has 9 heteroatoms. The molecular weight excluding hydrogens is 378 g/mol. The van der Waals surface area contributed by atoms with E-state index in [1.165, 1.54) is 12.5 Å². The molecule has 3 heterocycles. The molecule has 8 nitrogen and oxygen atoms in total. The van der Waals surface area contributed by atoms with Crippen LogP contribution in [-0.4, -0.2) is 33.1 Å². The molecule has 2 aromatic rings. The summed E-state index contributed by atoms with van der Waals surface area (Å²) in [5.41, 5.74) is 0. The fourth-order valence-electron chi connectivity index (χ4n) is 2.60. The van der Waals surface area contributed by atoms with Gasteiger partial charge in [0.15, 0.2) is 16.3 Å². The minimum Gasteiger partial charge on any atom is -0.444 e. The van der Waals surface area contributed by atoms with Crippen LogP contribution in [0.4, 0.5) is 0 Å². The first-order valence-corrected chi connectivity index (χ1v) is 8.64. The van der Waals surface area contributed by atoms with Gasteiger partial charge in [-0.2, -0.15) is 0 Å². The molecule has 128 valence electrons. The molecule has 0 bridgehead atoms. The lowest BCUT2D eigenvalue weighted by molar-refractivity contribution is -0.120. The third kappa shape index (κ3) is 4.02. The van der Waals surface area contributed by atoms with Gasteiger partial charge in [-0.3, -0.25) is 9.59 Å². The molecule has 0 fully saturated rings. The SMILES string of the molecule is O=C(CNC(=O)c1ccc(Br)o1)NCc1nnc2n1CCCCC2. The van der Waals surface area contributed by atoms with Crippen LogP contribution in [0.15, 0.2) is 21.2 Å². The summed E-state index contributed by atoms with van der Waals surface area (Å²) in [5, 5.41) is 13.6. The van der Waals surface area contributed by atoms with E-state index in [0.29, 0.717) is 11.2 Å². The smallest absolute Gasteiger partial charge is 0.287 e. The van der Waals surface area contributed by atoms with Crippen LogP contribution in [0.5, 0.6) is 0 Å². The quantitative estimate of drug-likeness (QED) is 0.796. The zero-order valence-corrected chi connectivity index (χ0v) is 14.6. The standard InChI is InChI=1S/C15H18BrN5O3/c16-11-6-5-10(24-11)15(23)18-9-14(22)17-8-13-20-19-12-4-2-1-3-7-21(12)13/h5-6H,1-4,7-9H2,(H,17,22)(H,18,23). The summed E-state index contributed by atoms with van der Waals surface area (Å²) in [7, 11) is 0. The highest BCUT2D eigenvalue weighted by Gasteiger charge is 2.16. The van der Waals surface area contributed by atoms with Crippen LogP contribution in [0, 0.1) is 0 Å². The number of aromatic nitrogens is 3. The van der Waals surface area contributed by atoms with Crippen LogP contribution in [0.2, 0.25) is 0 Å². The van der Waals surface area contributed by atoms with E-state index in [2.05, 4.69) is 41.3 Å². The van der Waals surface area contributed by atoms with Gasteiger partial charge in [0.25, 0.3) is 5.91 Å². The minimum atomic E-state index is -0.438. The zero-order chi connectivity index (χ0) is 16.9. The van der Waals surface area contributed by atoms with Crippen LogP contribution >= 0.6 is 15.9 Å². The number of hydrogen-bond donors (Lipinski definition) is 2. The van der Waals surface area contributed by atoms with E-state index in [9.17, 15) is 9.59 Å². The lowest BCUT2D eigenvalue weighted by Gasteiger charge is -2.08. The van der Waals surface area contributed by atoms with Gasteiger partial charge in [0, 0.05) is 13.0 Å². The van der Waals surface area contributed by atoms with Gasteiger partial charge in [0.2, 0.25) is 5.91 Å². The average molecular weight is 396 g/mol. The fourth-order valence-corrected chi connectivity index (χ4v) is 2.91. The zero-order valence-electron chi connectivity index (χ0n) is 13.0. The van der Waals surface area contributed by atoms with Crippen LogP contribution < -0.4 is 10.6 Å². The van der Waals surface area contributed by atoms with Gasteiger partial charge in [0.1, 0.15) is 5.82 Å². The normalized spacial score (nSPS) is 13.9. The molecule has 1 aliphatic heterocycles. The first kappa shape index (κ1) is 16.7. The lowest BCUT2D eigenvalue weighted by Crippen LogP contribution is -2.37. The number of nitrogens with zero attached hydrogens (tertiary/aromatic N) is 3. The Bertz CT molecular complexity index is 739. The largest absolute Gasteiger partial charge is 0.444 e. The second-order valence-corrected chi connectivity index (χ2v) is 6.34. The summed E-state index contributed by atoms with van der Waals surface area (Å²) in [6.45, 7) is 1.06. The number of furan rings is 1. The summed E-state index contributed by atoms with van der Waals surface area (Å²) < 4.78 is 7.66. The predicted octanol–water partition coefficient (Wildman–Crippen LogP) is 1.41. The summed E-state index contributed by atoms with van der Waals surface area (Å²) in [5.74, 6) is 1.15. The highest BCUT2D eigenvalue weighted by atomic mass is 79.9. The third-order valence-corrected chi connectivity index (χ3v) is 4.26. The maximum absolute atomic E-state index is 11.9. The minimum absolute atomic E-state index is 0.127. The van der Waals surface area contributed by atoms with E-state index in [0.717, 1.165) is 37.5 Å². The van der Waals surface area contributed by atoms with E-state index >= 15 is 0 Å². The Hall–Kier alpha value is -2.16. The van der Waals surface area contributed by atoms with Gasteiger partial charge in [-0.25, -0.2) is 0 Å². The van der Waals surface area contributed by atoms with Crippen molar-refractivity contribution in [3.8, 4) is 0 Å². The van der Waals surface area contributed by atoms with Crippen molar-refractivity contribution in [1.29, 1.82) is 0 Å². The van der Waals surface area contributed by atoms with Gasteiger partial charge in [-0.1, -0.05) is 6.42 Å². The maximum Gasteiger partial charge on any atom is 0.287 e. The van der Waals surface area contributed by atoms with Crippen molar-refractivity contribution in [2.24, 2.45) is 0 Å². The van der Waals surface area contributed by atoms with Gasteiger partial charge in [-0.05, 0) is 40.9 Å². The van der Waals surface area contributed by atoms with Crippen molar-refractivity contribution in [3.63, 3.8) is 0 Å². The van der Waals surface area contributed by atoms with Gasteiger partial charge < -0.3 is 19.6 Å². The molecule has 3 rings (SSSR count). The van der Waals surface area contributed by atoms with Crippen LogP contribution in [0.1, 0.15) is 41.5 Å². The topological polar surface area (TPSA) is 102 Å². The molecule has 0 atom stereocenters. The molecule has 24 heavy (non-hydrogen) atoms. The Morgan fingerprint density at radius 3 is 2.88 bits per heavy atom. The lowest BCUT2D eigenvalue weighted by atomic mass is 10.2. The molecule has 0 aliphatic carbocycles. The number of fused-ring (bicyclic) bond motifs is 1. The van der Waals surface area contributed by atoms with E-state index in [4.69, 9.17) is 4.42 Å². The van der Waals surface area contributed by atoms with Gasteiger partial charge in [0.05, 0.1) is 13.1 Å². The highest BCUT2D eigenvalue weighted by molar-refractivity contribution is 9.10. The van der Waals surface area contributed by atoms with Gasteiger partial charge >= 0.3 is 0 Å². The van der Waals surface area contributed by atoms with E-state index in [1.807, 2.05) is 0 Å². The number of nitrogens with one attached hydrogen (secondary N) is 2. The number of aryl methyl sites for hydroxylation is 1. The van der Waals surface area contributed by atoms with Crippen molar-refractivity contribution in [2.45, 2.75) is 38.8 Å². The molecule has 2 aromatic heterocycles. The van der Waals surface area contributed by atoms with E-state index in [1.54, 1.807) is 6.07 Å². The van der Waals surface area contributed by atoms with Crippen molar-refractivity contribution in [3.05, 3.63) is 34.2 Å². The number of halogens is 1. The van der Waals surface area contributed by atoms with Crippen molar-refractivity contribution in [1.82, 2.24) is 25.4 Å². The molecule has 0 saturated heterocycles. The first-order chi connectivity index (χ1) is 11.6. The number of hydrogen-bond acceptors (Lipinski definition) is 5. The van der Waals surface area contributed by atoms with Crippen molar-refractivity contribution >= 4 is 27.7 Å². The molecule has 0 spiro atoms. The maximum atomic E-state index is 11.9. The van der Waals surface area contributed by atoms with Crippen LogP contribution in [0.3, 0.4) is 0 Å². The molecule has 0 unspecified atom stereocenters. The summed E-state index contributed by atoms with van der Waals surface area (Å²) in [4.78, 5) is 23.7.